The molecule has 0 fully saturated rings. The van der Waals surface area contributed by atoms with Gasteiger partial charge in [0.2, 0.25) is 0 Å². The van der Waals surface area contributed by atoms with E-state index in [0.29, 0.717) is 16.6 Å². The van der Waals surface area contributed by atoms with Crippen molar-refractivity contribution in [2.24, 2.45) is 0 Å². The summed E-state index contributed by atoms with van der Waals surface area (Å²) in [6.45, 7) is 16.0. The van der Waals surface area contributed by atoms with E-state index in [4.69, 9.17) is 28.4 Å². The molecule has 0 radical (unpaired) electrons. The first-order chi connectivity index (χ1) is 21.3. The summed E-state index contributed by atoms with van der Waals surface area (Å²) in [6, 6.07) is 11.1. The molecule has 14 heteroatoms. The summed E-state index contributed by atoms with van der Waals surface area (Å²) in [5.41, 5.74) is 2.96. The lowest BCUT2D eigenvalue weighted by molar-refractivity contribution is -0.337. The standard InChI is InChI=1S/C32H45N4O9P/c1-30(2,3)22-14-15-23-21(19-22)13-16-26(23)35-28(37)34-25-11-10-12-27-24(25)20-33-36(27)29(38)40-17-18-41-46(39,44-42-31(4,5)6)45-43-32(7,8)9/h10-12,14-15,19-20,26H,13,16-18H2,1-9H3,(H2,34,35,37)/t26-/m1/s1. The molecule has 252 valence electrons. The Morgan fingerprint density at radius 3 is 2.26 bits per heavy atom. The van der Waals surface area contributed by atoms with Gasteiger partial charge in [0.1, 0.15) is 6.61 Å². The number of aryl methyl sites for hydroxylation is 1. The van der Waals surface area contributed by atoms with Crippen LogP contribution >= 0.6 is 7.82 Å². The second kappa shape index (κ2) is 13.8. The smallest absolute Gasteiger partial charge is 0.445 e. The van der Waals surface area contributed by atoms with Crippen molar-refractivity contribution in [1.29, 1.82) is 0 Å². The van der Waals surface area contributed by atoms with Gasteiger partial charge in [-0.3, -0.25) is 4.52 Å². The largest absolute Gasteiger partial charge is 0.529 e. The van der Waals surface area contributed by atoms with Gasteiger partial charge >= 0.3 is 19.9 Å². The number of benzene rings is 2. The zero-order chi connectivity index (χ0) is 33.9. The lowest BCUT2D eigenvalue weighted by Crippen LogP contribution is -2.31. The van der Waals surface area contributed by atoms with E-state index < -0.39 is 25.1 Å². The monoisotopic (exact) mass is 660 g/mol. The highest BCUT2D eigenvalue weighted by Gasteiger charge is 2.35. The van der Waals surface area contributed by atoms with Crippen LogP contribution < -0.4 is 10.6 Å². The molecule has 13 nitrogen and oxygen atoms in total. The molecule has 1 aromatic heterocycles. The Labute approximate surface area is 269 Å². The number of aromatic nitrogens is 2. The molecule has 3 aromatic rings. The Morgan fingerprint density at radius 2 is 1.63 bits per heavy atom. The number of nitrogens with one attached hydrogen (secondary N) is 2. The Hall–Kier alpha value is -3.32. The number of urea groups is 1. The summed E-state index contributed by atoms with van der Waals surface area (Å²) in [4.78, 5) is 36.1. The van der Waals surface area contributed by atoms with Crippen molar-refractivity contribution in [3.8, 4) is 0 Å². The van der Waals surface area contributed by atoms with Crippen LogP contribution in [0.25, 0.3) is 10.9 Å². The molecule has 2 N–H and O–H groups in total. The molecule has 4 rings (SSSR count). The van der Waals surface area contributed by atoms with Gasteiger partial charge in [-0.25, -0.2) is 23.9 Å². The van der Waals surface area contributed by atoms with Crippen molar-refractivity contribution in [2.45, 2.75) is 97.8 Å². The minimum absolute atomic E-state index is 0.0535. The van der Waals surface area contributed by atoms with Gasteiger partial charge in [-0.15, -0.1) is 9.35 Å². The number of ether oxygens (including phenoxy) is 1. The molecule has 1 heterocycles. The quantitative estimate of drug-likeness (QED) is 0.0957. The lowest BCUT2D eigenvalue weighted by Gasteiger charge is -2.24. The maximum Gasteiger partial charge on any atom is 0.529 e. The van der Waals surface area contributed by atoms with Crippen molar-refractivity contribution in [3.63, 3.8) is 0 Å². The summed E-state index contributed by atoms with van der Waals surface area (Å²) in [5.74, 6) is 0. The normalized spacial score (nSPS) is 15.5. The van der Waals surface area contributed by atoms with Gasteiger partial charge in [0.25, 0.3) is 0 Å². The van der Waals surface area contributed by atoms with Crippen molar-refractivity contribution >= 4 is 36.5 Å². The van der Waals surface area contributed by atoms with E-state index in [2.05, 4.69) is 54.7 Å². The predicted molar refractivity (Wildman–Crippen MR) is 172 cm³/mol. The zero-order valence-electron chi connectivity index (χ0n) is 28.0. The van der Waals surface area contributed by atoms with Crippen LogP contribution in [0.15, 0.2) is 42.6 Å². The van der Waals surface area contributed by atoms with E-state index in [9.17, 15) is 14.2 Å². The van der Waals surface area contributed by atoms with E-state index in [-0.39, 0.29) is 30.7 Å². The summed E-state index contributed by atoms with van der Waals surface area (Å²) in [6.07, 6.45) is 2.36. The summed E-state index contributed by atoms with van der Waals surface area (Å²) < 4.78 is 34.4. The number of fused-ring (bicyclic) bond motifs is 2. The van der Waals surface area contributed by atoms with E-state index in [1.807, 2.05) is 0 Å². The molecule has 1 atom stereocenters. The van der Waals surface area contributed by atoms with E-state index in [1.54, 1.807) is 59.7 Å². The zero-order valence-corrected chi connectivity index (χ0v) is 28.9. The fraction of sp³-hybridized carbons (Fsp3) is 0.531. The van der Waals surface area contributed by atoms with Crippen LogP contribution in [-0.2, 0) is 44.8 Å². The SMILES string of the molecule is CC(C)(C)OOP(=O)(OCCOC(=O)n1ncc2c(NC(=O)N[C@@H]3CCc4cc(C(C)(C)C)ccc43)cccc21)OOC(C)(C)C. The first-order valence-corrected chi connectivity index (χ1v) is 16.6. The van der Waals surface area contributed by atoms with Gasteiger partial charge in [0, 0.05) is 5.39 Å². The number of hydrogen-bond donors (Lipinski definition) is 2. The minimum Gasteiger partial charge on any atom is -0.445 e. The number of phosphoric acid groups is 1. The maximum atomic E-state index is 13.0. The van der Waals surface area contributed by atoms with Crippen LogP contribution in [0.2, 0.25) is 0 Å². The fourth-order valence-corrected chi connectivity index (χ4v) is 5.60. The van der Waals surface area contributed by atoms with E-state index in [1.165, 1.54) is 17.3 Å². The average molecular weight is 661 g/mol. The number of carbonyl (C=O) groups excluding carboxylic acids is 2. The topological polar surface area (TPSA) is 148 Å². The van der Waals surface area contributed by atoms with Gasteiger partial charge in [0.15, 0.2) is 0 Å². The average Bonchev–Trinajstić information content (AvgIpc) is 3.57. The Bertz CT molecular complexity index is 1580. The third kappa shape index (κ3) is 9.60. The first-order valence-electron chi connectivity index (χ1n) is 15.2. The molecule has 0 saturated carbocycles. The highest BCUT2D eigenvalue weighted by molar-refractivity contribution is 7.48. The molecule has 1 aliphatic carbocycles. The van der Waals surface area contributed by atoms with Gasteiger partial charge < -0.3 is 15.4 Å². The molecule has 46 heavy (non-hydrogen) atoms. The first kappa shape index (κ1) is 35.5. The molecule has 2 amide bonds. The van der Waals surface area contributed by atoms with Crippen molar-refractivity contribution in [1.82, 2.24) is 15.1 Å². The molecular weight excluding hydrogens is 615 g/mol. The van der Waals surface area contributed by atoms with E-state index in [0.717, 1.165) is 23.1 Å². The minimum atomic E-state index is -4.33. The van der Waals surface area contributed by atoms with Crippen LogP contribution in [0, 0.1) is 0 Å². The van der Waals surface area contributed by atoms with Crippen LogP contribution in [0.1, 0.15) is 91.5 Å². The van der Waals surface area contributed by atoms with Gasteiger partial charge in [-0.2, -0.15) is 9.78 Å². The molecule has 2 aromatic carbocycles. The molecule has 0 aliphatic heterocycles. The maximum absolute atomic E-state index is 13.0. The van der Waals surface area contributed by atoms with Crippen LogP contribution in [0.3, 0.4) is 0 Å². The van der Waals surface area contributed by atoms with Crippen LogP contribution in [-0.4, -0.2) is 46.3 Å². The second-order valence-electron chi connectivity index (χ2n) is 14.1. The van der Waals surface area contributed by atoms with Gasteiger partial charge in [-0.05, 0) is 88.6 Å². The Morgan fingerprint density at radius 1 is 0.957 bits per heavy atom. The van der Waals surface area contributed by atoms with Gasteiger partial charge in [-0.1, -0.05) is 45.0 Å². The summed E-state index contributed by atoms with van der Waals surface area (Å²) in [5, 5.41) is 10.6. The highest BCUT2D eigenvalue weighted by Crippen LogP contribution is 2.51. The molecule has 1 aliphatic rings. The molecule has 0 unspecified atom stereocenters. The van der Waals surface area contributed by atoms with E-state index >= 15 is 0 Å². The third-order valence-corrected chi connectivity index (χ3v) is 7.76. The number of amides is 2. The third-order valence-electron chi connectivity index (χ3n) is 6.74. The fourth-order valence-electron chi connectivity index (χ4n) is 4.57. The summed E-state index contributed by atoms with van der Waals surface area (Å²) in [7, 11) is -4.33. The summed E-state index contributed by atoms with van der Waals surface area (Å²) >= 11 is 0. The van der Waals surface area contributed by atoms with Gasteiger partial charge in [0.05, 0.1) is 41.3 Å². The number of hydrogen-bond acceptors (Lipinski definition) is 10. The van der Waals surface area contributed by atoms with Crippen LogP contribution in [0.5, 0.6) is 0 Å². The Kier molecular flexibility index (Phi) is 10.7. The van der Waals surface area contributed by atoms with Crippen molar-refractivity contribution in [2.75, 3.05) is 18.5 Å². The molecule has 0 spiro atoms. The molecule has 0 bridgehead atoms. The number of carbonyl (C=O) groups is 2. The number of anilines is 1. The van der Waals surface area contributed by atoms with Crippen molar-refractivity contribution < 1.29 is 42.5 Å². The number of rotatable bonds is 10. The van der Waals surface area contributed by atoms with Crippen LogP contribution in [0.4, 0.5) is 15.3 Å². The predicted octanol–water partition coefficient (Wildman–Crippen LogP) is 7.75. The highest BCUT2D eigenvalue weighted by atomic mass is 31.2. The number of nitrogens with zero attached hydrogens (tertiary/aromatic N) is 2. The molecular formula is C32H45N4O9P. The molecule has 0 saturated heterocycles. The second-order valence-corrected chi connectivity index (χ2v) is 15.5. The Balaban J connectivity index is 1.35. The lowest BCUT2D eigenvalue weighted by atomic mass is 9.85. The van der Waals surface area contributed by atoms with Crippen molar-refractivity contribution in [3.05, 3.63) is 59.3 Å².